The minimum Gasteiger partial charge on any atom is -0.326 e. The molecule has 6 nitrogen and oxygen atoms in total. The topological polar surface area (TPSA) is 81.1 Å². The maximum atomic E-state index is 12.8. The second kappa shape index (κ2) is 9.60. The van der Waals surface area contributed by atoms with Gasteiger partial charge in [0.25, 0.3) is 0 Å². The van der Waals surface area contributed by atoms with Crippen molar-refractivity contribution in [3.63, 3.8) is 0 Å². The Balaban J connectivity index is 1.59. The summed E-state index contributed by atoms with van der Waals surface area (Å²) in [6, 6.07) is 23.2. The van der Waals surface area contributed by atoms with Crippen molar-refractivity contribution in [2.24, 2.45) is 0 Å². The highest BCUT2D eigenvalue weighted by Gasteiger charge is 2.16. The fourth-order valence-corrected chi connectivity index (χ4v) is 4.40. The number of para-hydroxylation sites is 1. The summed E-state index contributed by atoms with van der Waals surface area (Å²) in [5.74, 6) is -0.207. The van der Waals surface area contributed by atoms with Gasteiger partial charge in [-0.1, -0.05) is 48.9 Å². The fraction of sp³-hybridized carbons (Fsp3) is 0.120. The van der Waals surface area contributed by atoms with Crippen LogP contribution in [-0.4, -0.2) is 29.9 Å². The lowest BCUT2D eigenvalue weighted by Gasteiger charge is -2.07. The first-order valence-corrected chi connectivity index (χ1v) is 12.4. The van der Waals surface area contributed by atoms with Crippen LogP contribution in [0, 0.1) is 0 Å². The smallest absolute Gasteiger partial charge is 0.228 e. The molecule has 3 aromatic carbocycles. The number of halogens is 1. The van der Waals surface area contributed by atoms with Crippen LogP contribution in [0.25, 0.3) is 16.9 Å². The van der Waals surface area contributed by atoms with Gasteiger partial charge in [-0.3, -0.25) is 4.79 Å². The molecule has 1 N–H and O–H groups in total. The SMILES string of the molecule is CCS(=O)(=O)c1ccc(NC(=O)Cc2cn(-c3ccccc3)nc2-c2ccc(Cl)cc2)cc1. The van der Waals surface area contributed by atoms with Gasteiger partial charge in [0.05, 0.1) is 28.5 Å². The Morgan fingerprint density at radius 3 is 2.27 bits per heavy atom. The van der Waals surface area contributed by atoms with E-state index in [1.165, 1.54) is 12.1 Å². The summed E-state index contributed by atoms with van der Waals surface area (Å²) in [5.41, 5.74) is 3.70. The van der Waals surface area contributed by atoms with E-state index in [-0.39, 0.29) is 23.0 Å². The third kappa shape index (κ3) is 5.32. The zero-order valence-corrected chi connectivity index (χ0v) is 19.5. The lowest BCUT2D eigenvalue weighted by molar-refractivity contribution is -0.115. The standard InChI is InChI=1S/C25H22ClN3O3S/c1-2-33(31,32)23-14-12-21(13-15-23)27-24(30)16-19-17-29(22-6-4-3-5-7-22)28-25(19)18-8-10-20(26)11-9-18/h3-15,17H,2,16H2,1H3,(H,27,30). The van der Waals surface area contributed by atoms with Crippen LogP contribution in [-0.2, 0) is 21.1 Å². The summed E-state index contributed by atoms with van der Waals surface area (Å²) in [5, 5.41) is 8.17. The number of carbonyl (C=O) groups excluding carboxylic acids is 1. The number of carbonyl (C=O) groups is 1. The highest BCUT2D eigenvalue weighted by molar-refractivity contribution is 7.91. The molecule has 33 heavy (non-hydrogen) atoms. The molecule has 4 aromatic rings. The molecule has 0 fully saturated rings. The second-order valence-corrected chi connectivity index (χ2v) is 10.2. The monoisotopic (exact) mass is 479 g/mol. The molecule has 1 amide bonds. The van der Waals surface area contributed by atoms with E-state index in [0.29, 0.717) is 16.4 Å². The van der Waals surface area contributed by atoms with E-state index in [2.05, 4.69) is 5.32 Å². The average Bonchev–Trinajstić information content (AvgIpc) is 3.24. The van der Waals surface area contributed by atoms with Crippen LogP contribution in [0.3, 0.4) is 0 Å². The quantitative estimate of drug-likeness (QED) is 0.396. The molecule has 4 rings (SSSR count). The minimum atomic E-state index is -3.29. The van der Waals surface area contributed by atoms with Crippen LogP contribution < -0.4 is 5.32 Å². The van der Waals surface area contributed by atoms with Crippen LogP contribution in [0.5, 0.6) is 0 Å². The molecule has 0 saturated heterocycles. The molecule has 1 aromatic heterocycles. The van der Waals surface area contributed by atoms with E-state index in [0.717, 1.165) is 16.8 Å². The first-order chi connectivity index (χ1) is 15.9. The van der Waals surface area contributed by atoms with E-state index in [9.17, 15) is 13.2 Å². The van der Waals surface area contributed by atoms with E-state index >= 15 is 0 Å². The van der Waals surface area contributed by atoms with Gasteiger partial charge in [-0.05, 0) is 48.5 Å². The number of benzene rings is 3. The zero-order valence-electron chi connectivity index (χ0n) is 17.9. The van der Waals surface area contributed by atoms with Gasteiger partial charge in [0.2, 0.25) is 5.91 Å². The normalized spacial score (nSPS) is 11.3. The number of nitrogens with one attached hydrogen (secondary N) is 1. The van der Waals surface area contributed by atoms with Crippen molar-refractivity contribution in [2.45, 2.75) is 18.2 Å². The van der Waals surface area contributed by atoms with Gasteiger partial charge in [-0.25, -0.2) is 13.1 Å². The number of amides is 1. The van der Waals surface area contributed by atoms with Crippen molar-refractivity contribution >= 4 is 33.0 Å². The average molecular weight is 480 g/mol. The zero-order chi connectivity index (χ0) is 23.4. The maximum Gasteiger partial charge on any atom is 0.228 e. The second-order valence-electron chi connectivity index (χ2n) is 7.44. The highest BCUT2D eigenvalue weighted by Crippen LogP contribution is 2.26. The van der Waals surface area contributed by atoms with Gasteiger partial charge in [0.1, 0.15) is 0 Å². The van der Waals surface area contributed by atoms with Crippen molar-refractivity contribution < 1.29 is 13.2 Å². The van der Waals surface area contributed by atoms with Gasteiger partial charge < -0.3 is 5.32 Å². The first kappa shape index (κ1) is 22.8. The Labute approximate surface area is 197 Å². The number of nitrogens with zero attached hydrogens (tertiary/aromatic N) is 2. The van der Waals surface area contributed by atoms with Crippen molar-refractivity contribution in [3.05, 3.63) is 95.6 Å². The Morgan fingerprint density at radius 2 is 1.64 bits per heavy atom. The molecule has 0 aliphatic rings. The van der Waals surface area contributed by atoms with Crippen LogP contribution in [0.4, 0.5) is 5.69 Å². The molecule has 1 heterocycles. The molecule has 8 heteroatoms. The van der Waals surface area contributed by atoms with Crippen molar-refractivity contribution in [1.82, 2.24) is 9.78 Å². The van der Waals surface area contributed by atoms with E-state index < -0.39 is 9.84 Å². The Kier molecular flexibility index (Phi) is 6.62. The lowest BCUT2D eigenvalue weighted by Crippen LogP contribution is -2.14. The number of sulfone groups is 1. The number of anilines is 1. The number of hydrogen-bond acceptors (Lipinski definition) is 4. The summed E-state index contributed by atoms with van der Waals surface area (Å²) in [7, 11) is -3.29. The molecule has 0 bridgehead atoms. The van der Waals surface area contributed by atoms with Crippen LogP contribution >= 0.6 is 11.6 Å². The van der Waals surface area contributed by atoms with Gasteiger partial charge in [-0.15, -0.1) is 0 Å². The number of rotatable bonds is 7. The minimum absolute atomic E-state index is 0.0254. The molecule has 0 aliphatic carbocycles. The largest absolute Gasteiger partial charge is 0.326 e. The van der Waals surface area contributed by atoms with Crippen molar-refractivity contribution in [1.29, 1.82) is 0 Å². The van der Waals surface area contributed by atoms with Gasteiger partial charge in [-0.2, -0.15) is 5.10 Å². The summed E-state index contributed by atoms with van der Waals surface area (Å²) in [6.45, 7) is 1.60. The summed E-state index contributed by atoms with van der Waals surface area (Å²) < 4.78 is 25.7. The van der Waals surface area contributed by atoms with Gasteiger partial charge >= 0.3 is 0 Å². The first-order valence-electron chi connectivity index (χ1n) is 10.4. The fourth-order valence-electron chi connectivity index (χ4n) is 3.39. The molecular formula is C25H22ClN3O3S. The third-order valence-electron chi connectivity index (χ3n) is 5.16. The molecule has 0 atom stereocenters. The van der Waals surface area contributed by atoms with Crippen molar-refractivity contribution in [2.75, 3.05) is 11.1 Å². The Bertz CT molecular complexity index is 1360. The molecule has 0 radical (unpaired) electrons. The number of aromatic nitrogens is 2. The Hall–Kier alpha value is -3.42. The van der Waals surface area contributed by atoms with Gasteiger partial charge in [0.15, 0.2) is 9.84 Å². The van der Waals surface area contributed by atoms with Crippen LogP contribution in [0.15, 0.2) is 90.0 Å². The molecule has 0 aliphatic heterocycles. The van der Waals surface area contributed by atoms with E-state index in [4.69, 9.17) is 16.7 Å². The third-order valence-corrected chi connectivity index (χ3v) is 7.16. The summed E-state index contributed by atoms with van der Waals surface area (Å²) >= 11 is 6.04. The number of hydrogen-bond donors (Lipinski definition) is 1. The molecule has 0 spiro atoms. The summed E-state index contributed by atoms with van der Waals surface area (Å²) in [6.07, 6.45) is 1.94. The molecule has 0 unspecified atom stereocenters. The Morgan fingerprint density at radius 1 is 0.970 bits per heavy atom. The lowest BCUT2D eigenvalue weighted by atomic mass is 10.1. The predicted octanol–water partition coefficient (Wildman–Crippen LogP) is 5.17. The molecular weight excluding hydrogens is 458 g/mol. The highest BCUT2D eigenvalue weighted by atomic mass is 35.5. The van der Waals surface area contributed by atoms with Gasteiger partial charge in [0, 0.05) is 28.0 Å². The van der Waals surface area contributed by atoms with E-state index in [1.807, 2.05) is 48.7 Å². The molecule has 168 valence electrons. The maximum absolute atomic E-state index is 12.8. The van der Waals surface area contributed by atoms with E-state index in [1.54, 1.807) is 35.9 Å². The summed E-state index contributed by atoms with van der Waals surface area (Å²) in [4.78, 5) is 13.0. The van der Waals surface area contributed by atoms with Crippen LogP contribution in [0.2, 0.25) is 5.02 Å². The predicted molar refractivity (Wildman–Crippen MR) is 131 cm³/mol. The molecule has 0 saturated carbocycles. The van der Waals surface area contributed by atoms with Crippen LogP contribution in [0.1, 0.15) is 12.5 Å². The van der Waals surface area contributed by atoms with Crippen molar-refractivity contribution in [3.8, 4) is 16.9 Å².